The molecule has 2 N–H and O–H groups in total. The highest BCUT2D eigenvalue weighted by molar-refractivity contribution is 5.65. The van der Waals surface area contributed by atoms with Gasteiger partial charge in [0, 0.05) is 17.2 Å². The molecule has 2 aromatic carbocycles. The van der Waals surface area contributed by atoms with Gasteiger partial charge in [0.25, 0.3) is 0 Å². The Hall–Kier alpha value is -3.00. The van der Waals surface area contributed by atoms with Gasteiger partial charge in [-0.3, -0.25) is 0 Å². The van der Waals surface area contributed by atoms with Crippen molar-refractivity contribution in [2.24, 2.45) is 0 Å². The lowest BCUT2D eigenvalue weighted by Gasteiger charge is -2.21. The molecule has 1 heterocycles. The van der Waals surface area contributed by atoms with Crippen molar-refractivity contribution in [1.29, 1.82) is 0 Å². The maximum absolute atomic E-state index is 10.4. The molecule has 1 aliphatic heterocycles. The summed E-state index contributed by atoms with van der Waals surface area (Å²) in [6, 6.07) is 5.11. The van der Waals surface area contributed by atoms with Crippen LogP contribution in [0.15, 0.2) is 18.2 Å². The predicted molar refractivity (Wildman–Crippen MR) is 101 cm³/mol. The molecule has 0 radical (unpaired) electrons. The Kier molecular flexibility index (Phi) is 5.60. The summed E-state index contributed by atoms with van der Waals surface area (Å²) < 4.78 is 32.9. The second-order valence-electron chi connectivity index (χ2n) is 6.16. The van der Waals surface area contributed by atoms with Crippen LogP contribution in [0.5, 0.6) is 40.2 Å². The fraction of sp³-hybridized carbons (Fsp3) is 0.400. The Balaban J connectivity index is 2.14. The highest BCUT2D eigenvalue weighted by Gasteiger charge is 2.40. The minimum absolute atomic E-state index is 0.142. The zero-order valence-corrected chi connectivity index (χ0v) is 16.4. The molecule has 8 nitrogen and oxygen atoms in total. The molecule has 1 aliphatic rings. The van der Waals surface area contributed by atoms with Crippen molar-refractivity contribution in [2.45, 2.75) is 12.0 Å². The molecule has 152 valence electrons. The first-order chi connectivity index (χ1) is 13.5. The zero-order chi connectivity index (χ0) is 20.4. The van der Waals surface area contributed by atoms with Crippen molar-refractivity contribution in [1.82, 2.24) is 0 Å². The third-order valence-electron chi connectivity index (χ3n) is 4.85. The van der Waals surface area contributed by atoms with E-state index in [1.165, 1.54) is 35.5 Å². The van der Waals surface area contributed by atoms with Crippen molar-refractivity contribution in [2.75, 3.05) is 42.2 Å². The molecule has 0 amide bonds. The van der Waals surface area contributed by atoms with Crippen molar-refractivity contribution in [3.63, 3.8) is 0 Å². The van der Waals surface area contributed by atoms with E-state index in [2.05, 4.69) is 0 Å². The van der Waals surface area contributed by atoms with E-state index < -0.39 is 12.0 Å². The van der Waals surface area contributed by atoms with Gasteiger partial charge in [-0.25, -0.2) is 0 Å². The number of methoxy groups -OCH3 is 5. The summed E-state index contributed by atoms with van der Waals surface area (Å²) >= 11 is 0. The van der Waals surface area contributed by atoms with Crippen LogP contribution in [0.3, 0.4) is 0 Å². The summed E-state index contributed by atoms with van der Waals surface area (Å²) in [6.07, 6.45) is -0.561. The number of aliphatic hydroxyl groups is 1. The maximum atomic E-state index is 10.4. The first-order valence-corrected chi connectivity index (χ1v) is 8.59. The Morgan fingerprint density at radius 2 is 1.39 bits per heavy atom. The number of phenolic OH excluding ortho intramolecular Hbond substituents is 1. The van der Waals surface area contributed by atoms with Crippen molar-refractivity contribution >= 4 is 0 Å². The lowest BCUT2D eigenvalue weighted by molar-refractivity contribution is 0.158. The smallest absolute Gasteiger partial charge is 0.203 e. The summed E-state index contributed by atoms with van der Waals surface area (Å²) in [5, 5.41) is 20.5. The molecule has 2 atom stereocenters. The van der Waals surface area contributed by atoms with Gasteiger partial charge in [-0.1, -0.05) is 0 Å². The summed E-state index contributed by atoms with van der Waals surface area (Å²) in [6.45, 7) is -0.226. The lowest BCUT2D eigenvalue weighted by atomic mass is 9.90. The van der Waals surface area contributed by atoms with Gasteiger partial charge in [0.1, 0.15) is 11.9 Å². The minimum atomic E-state index is -0.561. The predicted octanol–water partition coefficient (Wildman–Crippen LogP) is 2.64. The van der Waals surface area contributed by atoms with Crippen LogP contribution in [0.4, 0.5) is 0 Å². The summed E-state index contributed by atoms with van der Waals surface area (Å²) in [4.78, 5) is 0. The first kappa shape index (κ1) is 19.8. The maximum Gasteiger partial charge on any atom is 0.203 e. The Labute approximate surface area is 163 Å². The third kappa shape index (κ3) is 2.99. The number of hydrogen-bond acceptors (Lipinski definition) is 8. The van der Waals surface area contributed by atoms with E-state index in [0.717, 1.165) is 0 Å². The van der Waals surface area contributed by atoms with Gasteiger partial charge >= 0.3 is 0 Å². The molecule has 0 fully saturated rings. The number of fused-ring (bicyclic) bond motifs is 1. The van der Waals surface area contributed by atoms with E-state index in [1.54, 1.807) is 18.2 Å². The van der Waals surface area contributed by atoms with Gasteiger partial charge in [-0.2, -0.15) is 0 Å². The molecule has 0 spiro atoms. The van der Waals surface area contributed by atoms with Crippen LogP contribution < -0.4 is 28.4 Å². The van der Waals surface area contributed by atoms with Crippen LogP contribution in [0.1, 0.15) is 23.1 Å². The normalized spacial score (nSPS) is 17.5. The quantitative estimate of drug-likeness (QED) is 0.743. The molecule has 0 saturated carbocycles. The summed E-state index contributed by atoms with van der Waals surface area (Å²) in [5.74, 6) is 1.68. The number of aliphatic hydroxyl groups excluding tert-OH is 1. The number of aromatic hydroxyl groups is 1. The van der Waals surface area contributed by atoms with Gasteiger partial charge in [0.05, 0.1) is 48.1 Å². The van der Waals surface area contributed by atoms with Gasteiger partial charge in [-0.15, -0.1) is 0 Å². The number of benzene rings is 2. The highest BCUT2D eigenvalue weighted by atomic mass is 16.5. The van der Waals surface area contributed by atoms with E-state index in [9.17, 15) is 10.2 Å². The van der Waals surface area contributed by atoms with Crippen molar-refractivity contribution in [3.05, 3.63) is 29.3 Å². The van der Waals surface area contributed by atoms with E-state index in [0.29, 0.717) is 34.1 Å². The van der Waals surface area contributed by atoms with Crippen molar-refractivity contribution < 1.29 is 38.6 Å². The third-order valence-corrected chi connectivity index (χ3v) is 4.85. The number of hydrogen-bond donors (Lipinski definition) is 2. The lowest BCUT2D eigenvalue weighted by Crippen LogP contribution is -2.14. The molecule has 0 unspecified atom stereocenters. The van der Waals surface area contributed by atoms with Gasteiger partial charge in [0.2, 0.25) is 11.5 Å². The van der Waals surface area contributed by atoms with E-state index in [4.69, 9.17) is 28.4 Å². The molecule has 0 saturated heterocycles. The van der Waals surface area contributed by atoms with Crippen LogP contribution >= 0.6 is 0 Å². The SMILES string of the molecule is COc1cc2c(c(OC)c1O)[C@@H](CO)[C@@H](c1cc(OC)c(OC)c(OC)c1)O2. The van der Waals surface area contributed by atoms with Crippen LogP contribution in [-0.4, -0.2) is 52.4 Å². The Bertz CT molecular complexity index is 839. The van der Waals surface area contributed by atoms with E-state index >= 15 is 0 Å². The molecular weight excluding hydrogens is 368 g/mol. The van der Waals surface area contributed by atoms with Gasteiger partial charge < -0.3 is 38.6 Å². The van der Waals surface area contributed by atoms with Gasteiger partial charge in [0.15, 0.2) is 23.0 Å². The number of ether oxygens (including phenoxy) is 6. The monoisotopic (exact) mass is 392 g/mol. The summed E-state index contributed by atoms with van der Waals surface area (Å²) in [5.41, 5.74) is 1.28. The second kappa shape index (κ2) is 7.93. The van der Waals surface area contributed by atoms with E-state index in [1.807, 2.05) is 0 Å². The summed E-state index contributed by atoms with van der Waals surface area (Å²) in [7, 11) is 7.46. The molecule has 0 aliphatic carbocycles. The molecule has 8 heteroatoms. The first-order valence-electron chi connectivity index (χ1n) is 8.59. The van der Waals surface area contributed by atoms with Crippen LogP contribution in [0, 0.1) is 0 Å². The average Bonchev–Trinajstić information content (AvgIpc) is 3.10. The largest absolute Gasteiger partial charge is 0.502 e. The van der Waals surface area contributed by atoms with Crippen LogP contribution in [0.2, 0.25) is 0 Å². The fourth-order valence-corrected chi connectivity index (χ4v) is 3.55. The second-order valence-corrected chi connectivity index (χ2v) is 6.16. The number of rotatable bonds is 7. The van der Waals surface area contributed by atoms with Gasteiger partial charge in [-0.05, 0) is 12.1 Å². The van der Waals surface area contributed by atoms with Crippen molar-refractivity contribution in [3.8, 4) is 40.2 Å². The number of phenols is 1. The molecular formula is C20H24O8. The van der Waals surface area contributed by atoms with Crippen LogP contribution in [0.25, 0.3) is 0 Å². The van der Waals surface area contributed by atoms with E-state index in [-0.39, 0.29) is 23.9 Å². The standard InChI is InChI=1S/C20H24O8/c1-23-13-8-12-16(20(27-5)17(13)22)11(9-21)18(28-12)10-6-14(24-2)19(26-4)15(7-10)25-3/h6-8,11,18,21-22H,9H2,1-5H3/t11-,18-/m1/s1. The topological polar surface area (TPSA) is 95.8 Å². The minimum Gasteiger partial charge on any atom is -0.502 e. The molecule has 2 aromatic rings. The Morgan fingerprint density at radius 1 is 0.821 bits per heavy atom. The molecule has 0 bridgehead atoms. The average molecular weight is 392 g/mol. The van der Waals surface area contributed by atoms with Crippen LogP contribution in [-0.2, 0) is 0 Å². The highest BCUT2D eigenvalue weighted by Crippen LogP contribution is 2.56. The zero-order valence-electron chi connectivity index (χ0n) is 16.4. The molecule has 28 heavy (non-hydrogen) atoms. The fourth-order valence-electron chi connectivity index (χ4n) is 3.55. The Morgan fingerprint density at radius 3 is 1.86 bits per heavy atom. The molecule has 3 rings (SSSR count). The molecule has 0 aromatic heterocycles.